The summed E-state index contributed by atoms with van der Waals surface area (Å²) in [4.78, 5) is 40.4. The molecule has 1 aliphatic heterocycles. The van der Waals surface area contributed by atoms with E-state index in [1.165, 1.54) is 20.0 Å². The van der Waals surface area contributed by atoms with Crippen LogP contribution in [0.15, 0.2) is 48.5 Å². The molecule has 1 atom stereocenters. The van der Waals surface area contributed by atoms with Gasteiger partial charge in [0.25, 0.3) is 11.8 Å². The van der Waals surface area contributed by atoms with Gasteiger partial charge in [0.15, 0.2) is 0 Å². The Labute approximate surface area is 195 Å². The first-order chi connectivity index (χ1) is 15.9. The predicted octanol–water partition coefficient (Wildman–Crippen LogP) is 4.10. The number of benzene rings is 2. The van der Waals surface area contributed by atoms with E-state index in [9.17, 15) is 14.4 Å². The van der Waals surface area contributed by atoms with E-state index in [1.807, 2.05) is 18.7 Å². The third-order valence-electron chi connectivity index (χ3n) is 5.88. The molecule has 3 rings (SSSR count). The molecule has 0 saturated carbocycles. The third-order valence-corrected chi connectivity index (χ3v) is 5.88. The highest BCUT2D eigenvalue weighted by Crippen LogP contribution is 2.19. The summed E-state index contributed by atoms with van der Waals surface area (Å²) in [7, 11) is 1.50. The molecule has 0 spiro atoms. The molecule has 1 saturated heterocycles. The number of likely N-dealkylation sites (tertiary alicyclic amines) is 1. The molecule has 0 aliphatic carbocycles. The van der Waals surface area contributed by atoms with Crippen molar-refractivity contribution >= 4 is 23.4 Å². The summed E-state index contributed by atoms with van der Waals surface area (Å²) in [5.74, 6) is -0.353. The second-order valence-electron chi connectivity index (χ2n) is 8.67. The van der Waals surface area contributed by atoms with Crippen molar-refractivity contribution in [1.82, 2.24) is 10.2 Å². The number of hydrogen-bond acceptors (Lipinski definition) is 4. The number of nitrogens with zero attached hydrogens (tertiary/aromatic N) is 1. The van der Waals surface area contributed by atoms with Crippen LogP contribution >= 0.6 is 0 Å². The van der Waals surface area contributed by atoms with E-state index in [0.29, 0.717) is 22.6 Å². The Bertz CT molecular complexity index is 964. The van der Waals surface area contributed by atoms with E-state index in [1.54, 1.807) is 48.5 Å². The number of carbonyl (C=O) groups is 3. The van der Waals surface area contributed by atoms with Crippen LogP contribution in [0.1, 0.15) is 60.2 Å². The molecule has 7 heteroatoms. The van der Waals surface area contributed by atoms with Crippen LogP contribution < -0.4 is 15.4 Å². The summed E-state index contributed by atoms with van der Waals surface area (Å²) in [6.45, 7) is 5.32. The largest absolute Gasteiger partial charge is 0.496 e. The van der Waals surface area contributed by atoms with Gasteiger partial charge < -0.3 is 20.3 Å². The van der Waals surface area contributed by atoms with Crippen molar-refractivity contribution in [2.45, 2.75) is 45.6 Å². The zero-order valence-corrected chi connectivity index (χ0v) is 19.6. The van der Waals surface area contributed by atoms with Crippen LogP contribution in [0.3, 0.4) is 0 Å². The van der Waals surface area contributed by atoms with Crippen LogP contribution in [0.4, 0.5) is 5.69 Å². The lowest BCUT2D eigenvalue weighted by Gasteiger charge is -2.22. The first-order valence-corrected chi connectivity index (χ1v) is 11.5. The third kappa shape index (κ3) is 6.34. The molecular formula is C26H33N3O4. The maximum Gasteiger partial charge on any atom is 0.255 e. The Kier molecular flexibility index (Phi) is 8.46. The molecule has 0 aromatic heterocycles. The van der Waals surface area contributed by atoms with Gasteiger partial charge in [0.2, 0.25) is 5.91 Å². The lowest BCUT2D eigenvalue weighted by molar-refractivity contribution is -0.118. The first-order valence-electron chi connectivity index (χ1n) is 11.5. The molecule has 33 heavy (non-hydrogen) atoms. The van der Waals surface area contributed by atoms with E-state index >= 15 is 0 Å². The van der Waals surface area contributed by atoms with Crippen LogP contribution in [-0.4, -0.2) is 48.9 Å². The maximum atomic E-state index is 12.9. The summed E-state index contributed by atoms with van der Waals surface area (Å²) < 4.78 is 5.25. The van der Waals surface area contributed by atoms with Gasteiger partial charge in [-0.25, -0.2) is 0 Å². The number of rotatable bonds is 7. The Morgan fingerprint density at radius 1 is 0.909 bits per heavy atom. The molecular weight excluding hydrogens is 418 g/mol. The summed E-state index contributed by atoms with van der Waals surface area (Å²) in [5, 5.41) is 5.67. The Morgan fingerprint density at radius 3 is 2.15 bits per heavy atom. The molecule has 0 bridgehead atoms. The standard InChI is InChI=1S/C26H33N3O4/c1-18(2)23(28-24(30)21-10-6-7-11-22(21)33-3)25(31)27-20-14-12-19(13-15-20)26(32)29-16-8-4-5-9-17-29/h6-7,10-15,18,23H,4-5,8-9,16-17H2,1-3H3,(H,27,31)(H,28,30). The number of ether oxygens (including phenoxy) is 1. The van der Waals surface area contributed by atoms with Gasteiger partial charge in [-0.1, -0.05) is 38.8 Å². The molecule has 3 amide bonds. The number of methoxy groups -OCH3 is 1. The number of carbonyl (C=O) groups excluding carboxylic acids is 3. The number of anilines is 1. The van der Waals surface area contributed by atoms with Crippen LogP contribution in [0.5, 0.6) is 5.75 Å². The molecule has 0 radical (unpaired) electrons. The fraction of sp³-hybridized carbons (Fsp3) is 0.423. The minimum absolute atomic E-state index is 0.0268. The molecule has 1 heterocycles. The van der Waals surface area contributed by atoms with Gasteiger partial charge in [0.1, 0.15) is 11.8 Å². The molecule has 7 nitrogen and oxygen atoms in total. The van der Waals surface area contributed by atoms with E-state index in [0.717, 1.165) is 25.9 Å². The lowest BCUT2D eigenvalue weighted by atomic mass is 10.0. The molecule has 176 valence electrons. The van der Waals surface area contributed by atoms with Gasteiger partial charge in [-0.2, -0.15) is 0 Å². The quantitative estimate of drug-likeness (QED) is 0.663. The number of amides is 3. The topological polar surface area (TPSA) is 87.7 Å². The van der Waals surface area contributed by atoms with Crippen LogP contribution in [0, 0.1) is 5.92 Å². The average molecular weight is 452 g/mol. The van der Waals surface area contributed by atoms with E-state index < -0.39 is 6.04 Å². The monoisotopic (exact) mass is 451 g/mol. The second kappa shape index (κ2) is 11.5. The number of para-hydroxylation sites is 1. The average Bonchev–Trinajstić information content (AvgIpc) is 3.11. The molecule has 2 aromatic carbocycles. The summed E-state index contributed by atoms with van der Waals surface area (Å²) in [6.07, 6.45) is 4.41. The highest BCUT2D eigenvalue weighted by Gasteiger charge is 2.26. The highest BCUT2D eigenvalue weighted by molar-refractivity contribution is 6.02. The number of nitrogens with one attached hydrogen (secondary N) is 2. The van der Waals surface area contributed by atoms with Gasteiger partial charge in [0, 0.05) is 24.3 Å². The van der Waals surface area contributed by atoms with Crippen molar-refractivity contribution in [2.24, 2.45) is 5.92 Å². The molecule has 1 aliphatic rings. The van der Waals surface area contributed by atoms with E-state index in [4.69, 9.17) is 4.74 Å². The molecule has 1 unspecified atom stereocenters. The van der Waals surface area contributed by atoms with Crippen molar-refractivity contribution in [3.8, 4) is 5.75 Å². The van der Waals surface area contributed by atoms with Gasteiger partial charge in [-0.05, 0) is 55.2 Å². The predicted molar refractivity (Wildman–Crippen MR) is 129 cm³/mol. The molecule has 2 N–H and O–H groups in total. The van der Waals surface area contributed by atoms with Gasteiger partial charge in [-0.15, -0.1) is 0 Å². The van der Waals surface area contributed by atoms with Crippen molar-refractivity contribution < 1.29 is 19.1 Å². The molecule has 1 fully saturated rings. The van der Waals surface area contributed by atoms with Gasteiger partial charge >= 0.3 is 0 Å². The van der Waals surface area contributed by atoms with E-state index in [-0.39, 0.29) is 23.6 Å². The Balaban J connectivity index is 1.65. The Hall–Kier alpha value is -3.35. The van der Waals surface area contributed by atoms with Crippen molar-refractivity contribution in [3.63, 3.8) is 0 Å². The van der Waals surface area contributed by atoms with Crippen LogP contribution in [0.2, 0.25) is 0 Å². The Morgan fingerprint density at radius 2 is 1.55 bits per heavy atom. The highest BCUT2D eigenvalue weighted by atomic mass is 16.5. The normalized spacial score (nSPS) is 14.8. The lowest BCUT2D eigenvalue weighted by Crippen LogP contribution is -2.47. The summed E-state index contributed by atoms with van der Waals surface area (Å²) in [5.41, 5.74) is 1.55. The first kappa shape index (κ1) is 24.3. The van der Waals surface area contributed by atoms with Crippen LogP contribution in [0.25, 0.3) is 0 Å². The van der Waals surface area contributed by atoms with Crippen LogP contribution in [-0.2, 0) is 4.79 Å². The van der Waals surface area contributed by atoms with Crippen molar-refractivity contribution in [1.29, 1.82) is 0 Å². The zero-order valence-electron chi connectivity index (χ0n) is 19.6. The maximum absolute atomic E-state index is 12.9. The van der Waals surface area contributed by atoms with Gasteiger partial charge in [0.05, 0.1) is 12.7 Å². The van der Waals surface area contributed by atoms with Crippen molar-refractivity contribution in [2.75, 3.05) is 25.5 Å². The summed E-state index contributed by atoms with van der Waals surface area (Å²) >= 11 is 0. The zero-order chi connectivity index (χ0) is 23.8. The minimum atomic E-state index is -0.735. The van der Waals surface area contributed by atoms with Gasteiger partial charge in [-0.3, -0.25) is 14.4 Å². The minimum Gasteiger partial charge on any atom is -0.496 e. The second-order valence-corrected chi connectivity index (χ2v) is 8.67. The number of hydrogen-bond donors (Lipinski definition) is 2. The fourth-order valence-electron chi connectivity index (χ4n) is 3.96. The SMILES string of the molecule is COc1ccccc1C(=O)NC(C(=O)Nc1ccc(C(=O)N2CCCCCC2)cc1)C(C)C. The molecule has 2 aromatic rings. The van der Waals surface area contributed by atoms with E-state index in [2.05, 4.69) is 10.6 Å². The fourth-order valence-corrected chi connectivity index (χ4v) is 3.96. The summed E-state index contributed by atoms with van der Waals surface area (Å²) in [6, 6.07) is 13.1. The van der Waals surface area contributed by atoms with Crippen molar-refractivity contribution in [3.05, 3.63) is 59.7 Å². The smallest absolute Gasteiger partial charge is 0.255 e.